The van der Waals surface area contributed by atoms with Gasteiger partial charge in [0.2, 0.25) is 0 Å². The van der Waals surface area contributed by atoms with Crippen LogP contribution in [0.15, 0.2) is 40.9 Å². The van der Waals surface area contributed by atoms with Gasteiger partial charge >= 0.3 is 5.97 Å². The number of esters is 1. The summed E-state index contributed by atoms with van der Waals surface area (Å²) in [6, 6.07) is 10.2. The summed E-state index contributed by atoms with van der Waals surface area (Å²) in [7, 11) is 1.36. The topological polar surface area (TPSA) is 38.3 Å². The summed E-state index contributed by atoms with van der Waals surface area (Å²) in [6.45, 7) is 2.48. The van der Waals surface area contributed by atoms with E-state index in [0.717, 1.165) is 16.8 Å². The minimum absolute atomic E-state index is 0.280. The Morgan fingerprint density at radius 2 is 2.05 bits per heavy atom. The molecule has 2 rings (SSSR count). The molecule has 3 nitrogen and oxygen atoms in total. The van der Waals surface area contributed by atoms with E-state index < -0.39 is 0 Å². The molecular formula is C16H15BrFNO2. The third kappa shape index (κ3) is 3.82. The Labute approximate surface area is 131 Å². The van der Waals surface area contributed by atoms with Crippen LogP contribution in [0.2, 0.25) is 0 Å². The van der Waals surface area contributed by atoms with Gasteiger partial charge in [-0.25, -0.2) is 9.18 Å². The van der Waals surface area contributed by atoms with Crippen LogP contribution in [-0.4, -0.2) is 13.1 Å². The molecule has 0 aromatic heterocycles. The summed E-state index contributed by atoms with van der Waals surface area (Å²) >= 11 is 3.17. The van der Waals surface area contributed by atoms with Crippen LogP contribution in [0.25, 0.3) is 0 Å². The van der Waals surface area contributed by atoms with Crippen molar-refractivity contribution in [2.24, 2.45) is 0 Å². The van der Waals surface area contributed by atoms with E-state index in [-0.39, 0.29) is 11.8 Å². The molecule has 0 aliphatic rings. The molecule has 0 saturated carbocycles. The first-order chi connectivity index (χ1) is 10.0. The number of carbonyl (C=O) groups excluding carboxylic acids is 1. The summed E-state index contributed by atoms with van der Waals surface area (Å²) in [4.78, 5) is 11.4. The monoisotopic (exact) mass is 351 g/mol. The lowest BCUT2D eigenvalue weighted by Crippen LogP contribution is -2.05. The van der Waals surface area contributed by atoms with Gasteiger partial charge in [-0.3, -0.25) is 0 Å². The fourth-order valence-corrected chi connectivity index (χ4v) is 2.38. The molecule has 110 valence electrons. The minimum Gasteiger partial charge on any atom is -0.465 e. The van der Waals surface area contributed by atoms with Crippen molar-refractivity contribution in [2.45, 2.75) is 13.5 Å². The normalized spacial score (nSPS) is 10.3. The third-order valence-corrected chi connectivity index (χ3v) is 3.72. The highest BCUT2D eigenvalue weighted by molar-refractivity contribution is 9.10. The van der Waals surface area contributed by atoms with Crippen LogP contribution in [0.1, 0.15) is 21.5 Å². The summed E-state index contributed by atoms with van der Waals surface area (Å²) in [5.74, 6) is -0.635. The maximum Gasteiger partial charge on any atom is 0.337 e. The van der Waals surface area contributed by atoms with E-state index in [1.54, 1.807) is 24.3 Å². The molecule has 21 heavy (non-hydrogen) atoms. The zero-order chi connectivity index (χ0) is 15.4. The second-order valence-electron chi connectivity index (χ2n) is 4.62. The molecule has 0 heterocycles. The van der Waals surface area contributed by atoms with Gasteiger partial charge in [0, 0.05) is 12.2 Å². The van der Waals surface area contributed by atoms with Gasteiger partial charge in [0.1, 0.15) is 5.82 Å². The lowest BCUT2D eigenvalue weighted by molar-refractivity contribution is 0.0600. The highest BCUT2D eigenvalue weighted by Gasteiger charge is 2.07. The van der Waals surface area contributed by atoms with Crippen molar-refractivity contribution in [1.82, 2.24) is 0 Å². The molecule has 0 saturated heterocycles. The first-order valence-corrected chi connectivity index (χ1v) is 7.17. The van der Waals surface area contributed by atoms with E-state index in [1.807, 2.05) is 13.0 Å². The molecule has 0 amide bonds. The number of anilines is 1. The number of rotatable bonds is 4. The number of carbonyl (C=O) groups is 1. The number of benzene rings is 2. The predicted octanol–water partition coefficient (Wildman–Crippen LogP) is 4.30. The molecule has 2 aromatic carbocycles. The zero-order valence-electron chi connectivity index (χ0n) is 11.7. The molecule has 0 bridgehead atoms. The number of ether oxygens (including phenoxy) is 1. The van der Waals surface area contributed by atoms with E-state index in [1.165, 1.54) is 13.2 Å². The van der Waals surface area contributed by atoms with Crippen LogP contribution in [-0.2, 0) is 11.3 Å². The number of aryl methyl sites for hydroxylation is 1. The van der Waals surface area contributed by atoms with Crippen molar-refractivity contribution in [3.8, 4) is 0 Å². The van der Waals surface area contributed by atoms with Gasteiger partial charge in [-0.1, -0.05) is 6.07 Å². The SMILES string of the molecule is COC(=O)c1ccc(NCc2ccc(F)c(Br)c2)c(C)c1. The van der Waals surface area contributed by atoms with Gasteiger partial charge in [0.05, 0.1) is 17.1 Å². The second kappa shape index (κ2) is 6.72. The van der Waals surface area contributed by atoms with Gasteiger partial charge in [-0.15, -0.1) is 0 Å². The Morgan fingerprint density at radius 1 is 1.29 bits per heavy atom. The molecule has 0 aliphatic carbocycles. The highest BCUT2D eigenvalue weighted by atomic mass is 79.9. The van der Waals surface area contributed by atoms with E-state index in [0.29, 0.717) is 16.6 Å². The summed E-state index contributed by atoms with van der Waals surface area (Å²) in [5.41, 5.74) is 3.34. The van der Waals surface area contributed by atoms with Gasteiger partial charge in [-0.2, -0.15) is 0 Å². The van der Waals surface area contributed by atoms with Gasteiger partial charge < -0.3 is 10.1 Å². The van der Waals surface area contributed by atoms with Gasteiger partial charge in [0.15, 0.2) is 0 Å². The maximum atomic E-state index is 13.2. The standard InChI is InChI=1S/C16H15BrFNO2/c1-10-7-12(16(20)21-2)4-6-15(10)19-9-11-3-5-14(18)13(17)8-11/h3-8,19H,9H2,1-2H3. The lowest BCUT2D eigenvalue weighted by Gasteiger charge is -2.11. The van der Waals surface area contributed by atoms with Crippen LogP contribution >= 0.6 is 15.9 Å². The molecule has 0 aliphatic heterocycles. The first kappa shape index (κ1) is 15.5. The Kier molecular flexibility index (Phi) is 4.96. The van der Waals surface area contributed by atoms with Gasteiger partial charge in [-0.05, 0) is 64.3 Å². The highest BCUT2D eigenvalue weighted by Crippen LogP contribution is 2.20. The lowest BCUT2D eigenvalue weighted by atomic mass is 10.1. The molecule has 0 spiro atoms. The number of methoxy groups -OCH3 is 1. The third-order valence-electron chi connectivity index (χ3n) is 3.11. The fraction of sp³-hybridized carbons (Fsp3) is 0.188. The van der Waals surface area contributed by atoms with E-state index in [4.69, 9.17) is 0 Å². The molecule has 0 fully saturated rings. The van der Waals surface area contributed by atoms with Crippen molar-refractivity contribution in [2.75, 3.05) is 12.4 Å². The van der Waals surface area contributed by atoms with Crippen LogP contribution in [0, 0.1) is 12.7 Å². The van der Waals surface area contributed by atoms with Gasteiger partial charge in [0.25, 0.3) is 0 Å². The molecule has 0 radical (unpaired) electrons. The van der Waals surface area contributed by atoms with Crippen LogP contribution in [0.5, 0.6) is 0 Å². The van der Waals surface area contributed by atoms with Crippen LogP contribution in [0.3, 0.4) is 0 Å². The summed E-state index contributed by atoms with van der Waals surface area (Å²) in [6.07, 6.45) is 0. The molecule has 0 unspecified atom stereocenters. The minimum atomic E-state index is -0.355. The molecule has 2 aromatic rings. The summed E-state index contributed by atoms with van der Waals surface area (Å²) in [5, 5.41) is 3.26. The van der Waals surface area contributed by atoms with Crippen LogP contribution in [0.4, 0.5) is 10.1 Å². The quantitative estimate of drug-likeness (QED) is 0.834. The summed E-state index contributed by atoms with van der Waals surface area (Å²) < 4.78 is 18.3. The smallest absolute Gasteiger partial charge is 0.337 e. The van der Waals surface area contributed by atoms with E-state index >= 15 is 0 Å². The Morgan fingerprint density at radius 3 is 2.67 bits per heavy atom. The van der Waals surface area contributed by atoms with Crippen LogP contribution < -0.4 is 5.32 Å². The number of nitrogens with one attached hydrogen (secondary N) is 1. The molecule has 1 N–H and O–H groups in total. The van der Waals surface area contributed by atoms with Crippen molar-refractivity contribution in [3.05, 3.63) is 63.4 Å². The zero-order valence-corrected chi connectivity index (χ0v) is 13.3. The molecule has 5 heteroatoms. The Balaban J connectivity index is 2.09. The average Bonchev–Trinajstić information content (AvgIpc) is 2.48. The number of hydrogen-bond acceptors (Lipinski definition) is 3. The Hall–Kier alpha value is -1.88. The first-order valence-electron chi connectivity index (χ1n) is 6.38. The van der Waals surface area contributed by atoms with Crippen molar-refractivity contribution < 1.29 is 13.9 Å². The van der Waals surface area contributed by atoms with E-state index in [9.17, 15) is 9.18 Å². The largest absolute Gasteiger partial charge is 0.465 e. The molecule has 0 atom stereocenters. The van der Waals surface area contributed by atoms with Crippen molar-refractivity contribution >= 4 is 27.6 Å². The molecular weight excluding hydrogens is 337 g/mol. The predicted molar refractivity (Wildman–Crippen MR) is 83.9 cm³/mol. The van der Waals surface area contributed by atoms with Crippen molar-refractivity contribution in [3.63, 3.8) is 0 Å². The maximum absolute atomic E-state index is 13.2. The van der Waals surface area contributed by atoms with Crippen molar-refractivity contribution in [1.29, 1.82) is 0 Å². The second-order valence-corrected chi connectivity index (χ2v) is 5.48. The number of hydrogen-bond donors (Lipinski definition) is 1. The fourth-order valence-electron chi connectivity index (χ4n) is 1.95. The number of halogens is 2. The average molecular weight is 352 g/mol. The Bertz CT molecular complexity index is 673. The van der Waals surface area contributed by atoms with E-state index in [2.05, 4.69) is 26.0 Å².